The number of nitrogens with two attached hydrogens (primary N) is 1. The van der Waals surface area contributed by atoms with Gasteiger partial charge < -0.3 is 25.8 Å². The highest BCUT2D eigenvalue weighted by Crippen LogP contribution is 2.30. The van der Waals surface area contributed by atoms with Crippen LogP contribution < -0.4 is 26.2 Å². The van der Waals surface area contributed by atoms with Crippen molar-refractivity contribution in [2.75, 3.05) is 60.9 Å². The maximum absolute atomic E-state index is 15.2. The molecule has 4 aromatic rings. The maximum Gasteiger partial charge on any atom is 0.433 e. The molecule has 18 heteroatoms. The number of imide groups is 1. The minimum Gasteiger partial charge on any atom is -0.369 e. The van der Waals surface area contributed by atoms with Crippen LogP contribution in [0, 0.1) is 5.82 Å². The van der Waals surface area contributed by atoms with E-state index in [9.17, 15) is 32.3 Å². The first kappa shape index (κ1) is 37.3. The standard InChI is InChI=1S/C37H38F4N10O4/c38-27-20-23(21-50-15-12-32(52)45-36(50)55)4-9-30(27)49-13-10-25(11-14-49)48-18-16-47(17-19-48)24-5-7-26(8-6-24)51-22-29(33(46-51)34(42)53)44-35(54)28-2-1-3-31(43-28)37(39,40)41/h1-9,20,22,25H,10-19,21H2,(H2,42,53)(H,44,54)(H,45,52,55). The quantitative estimate of drug-likeness (QED) is 0.214. The van der Waals surface area contributed by atoms with E-state index in [1.165, 1.54) is 21.8 Å². The van der Waals surface area contributed by atoms with Crippen molar-refractivity contribution in [3.05, 3.63) is 95.3 Å². The summed E-state index contributed by atoms with van der Waals surface area (Å²) >= 11 is 0. The van der Waals surface area contributed by atoms with Gasteiger partial charge in [-0.2, -0.15) is 18.3 Å². The minimum absolute atomic E-state index is 0.0776. The predicted molar refractivity (Wildman–Crippen MR) is 193 cm³/mol. The summed E-state index contributed by atoms with van der Waals surface area (Å²) in [5, 5.41) is 8.89. The Morgan fingerprint density at radius 1 is 0.891 bits per heavy atom. The lowest BCUT2D eigenvalue weighted by Gasteiger charge is -2.44. The third-order valence-electron chi connectivity index (χ3n) is 10.1. The zero-order chi connectivity index (χ0) is 38.9. The van der Waals surface area contributed by atoms with Gasteiger partial charge in [0.15, 0.2) is 5.69 Å². The van der Waals surface area contributed by atoms with Crippen LogP contribution in [0.2, 0.25) is 0 Å². The number of amides is 5. The van der Waals surface area contributed by atoms with Gasteiger partial charge in [0.2, 0.25) is 5.91 Å². The van der Waals surface area contributed by atoms with Crippen LogP contribution >= 0.6 is 0 Å². The molecule has 7 rings (SSSR count). The predicted octanol–water partition coefficient (Wildman–Crippen LogP) is 4.01. The zero-order valence-corrected chi connectivity index (χ0v) is 29.6. The largest absolute Gasteiger partial charge is 0.433 e. The Morgan fingerprint density at radius 3 is 2.25 bits per heavy atom. The van der Waals surface area contributed by atoms with Crippen LogP contribution in [0.4, 0.5) is 39.4 Å². The first-order valence-corrected chi connectivity index (χ1v) is 17.8. The van der Waals surface area contributed by atoms with Gasteiger partial charge in [-0.3, -0.25) is 24.6 Å². The number of piperidine rings is 1. The summed E-state index contributed by atoms with van der Waals surface area (Å²) in [4.78, 5) is 60.1. The number of aromatic nitrogens is 3. The van der Waals surface area contributed by atoms with E-state index in [0.29, 0.717) is 29.5 Å². The molecule has 0 radical (unpaired) electrons. The molecule has 2 aromatic carbocycles. The fourth-order valence-electron chi connectivity index (χ4n) is 7.19. The van der Waals surface area contributed by atoms with Crippen molar-refractivity contribution in [3.8, 4) is 5.69 Å². The molecule has 288 valence electrons. The lowest BCUT2D eigenvalue weighted by atomic mass is 10.0. The monoisotopic (exact) mass is 762 g/mol. The van der Waals surface area contributed by atoms with E-state index in [1.54, 1.807) is 18.2 Å². The number of primary amides is 1. The Morgan fingerprint density at radius 2 is 1.60 bits per heavy atom. The van der Waals surface area contributed by atoms with Gasteiger partial charge in [-0.05, 0) is 66.9 Å². The number of piperazine rings is 1. The second-order valence-electron chi connectivity index (χ2n) is 13.6. The van der Waals surface area contributed by atoms with Crippen molar-refractivity contribution in [3.63, 3.8) is 0 Å². The summed E-state index contributed by atoms with van der Waals surface area (Å²) in [6.07, 6.45) is -1.36. The minimum atomic E-state index is -4.74. The summed E-state index contributed by atoms with van der Waals surface area (Å²) < 4.78 is 55.9. The number of nitrogens with zero attached hydrogens (tertiary/aromatic N) is 7. The van der Waals surface area contributed by atoms with Gasteiger partial charge in [-0.15, -0.1) is 0 Å². The highest BCUT2D eigenvalue weighted by Gasteiger charge is 2.33. The molecule has 3 aliphatic heterocycles. The zero-order valence-electron chi connectivity index (χ0n) is 29.6. The van der Waals surface area contributed by atoms with Crippen LogP contribution in [0.1, 0.15) is 51.5 Å². The van der Waals surface area contributed by atoms with E-state index in [-0.39, 0.29) is 36.1 Å². The van der Waals surface area contributed by atoms with E-state index < -0.39 is 35.4 Å². The van der Waals surface area contributed by atoms with Crippen molar-refractivity contribution in [2.24, 2.45) is 5.73 Å². The van der Waals surface area contributed by atoms with E-state index in [2.05, 4.69) is 35.4 Å². The third kappa shape index (κ3) is 8.38. The summed E-state index contributed by atoms with van der Waals surface area (Å²) in [7, 11) is 0. The number of hydrogen-bond donors (Lipinski definition) is 3. The van der Waals surface area contributed by atoms with Crippen molar-refractivity contribution < 1.29 is 36.7 Å². The Bertz CT molecular complexity index is 2090. The number of rotatable bonds is 9. The first-order valence-electron chi connectivity index (χ1n) is 17.8. The molecule has 3 fully saturated rings. The average Bonchev–Trinajstić information content (AvgIpc) is 3.60. The molecule has 3 aliphatic rings. The van der Waals surface area contributed by atoms with Crippen LogP contribution in [0.15, 0.2) is 66.9 Å². The van der Waals surface area contributed by atoms with Gasteiger partial charge in [0, 0.05) is 70.5 Å². The first-order chi connectivity index (χ1) is 26.3. The maximum atomic E-state index is 15.2. The Balaban J connectivity index is 0.910. The van der Waals surface area contributed by atoms with Crippen LogP contribution in [0.5, 0.6) is 0 Å². The van der Waals surface area contributed by atoms with Gasteiger partial charge in [-0.1, -0.05) is 12.1 Å². The second kappa shape index (κ2) is 15.4. The molecule has 0 atom stereocenters. The number of nitrogens with one attached hydrogen (secondary N) is 2. The fraction of sp³-hybridized carbons (Fsp3) is 0.351. The van der Waals surface area contributed by atoms with Crippen molar-refractivity contribution in [1.29, 1.82) is 0 Å². The number of carbonyl (C=O) groups excluding carboxylic acids is 4. The molecule has 3 saturated heterocycles. The molecule has 5 amide bonds. The normalized spacial score (nSPS) is 17.3. The van der Waals surface area contributed by atoms with Crippen LogP contribution in [0.3, 0.4) is 0 Å². The SMILES string of the molecule is NC(=O)c1nn(-c2ccc(N3CCN(C4CCN(c5ccc(CN6CCC(=O)NC6=O)cc5F)CC4)CC3)cc2)cc1NC(=O)c1cccc(C(F)(F)F)n1. The fourth-order valence-corrected chi connectivity index (χ4v) is 7.19. The van der Waals surface area contributed by atoms with Crippen molar-refractivity contribution in [1.82, 2.24) is 29.9 Å². The molecular formula is C37H38F4N10O4. The number of pyridine rings is 1. The summed E-state index contributed by atoms with van der Waals surface area (Å²) in [5.41, 5.74) is 6.18. The number of urea groups is 1. The summed E-state index contributed by atoms with van der Waals surface area (Å²) in [6, 6.07) is 15.3. The summed E-state index contributed by atoms with van der Waals surface area (Å²) in [6.45, 7) is 5.28. The lowest BCUT2D eigenvalue weighted by Crippen LogP contribution is -2.53. The van der Waals surface area contributed by atoms with Gasteiger partial charge in [-0.25, -0.2) is 18.9 Å². The molecule has 55 heavy (non-hydrogen) atoms. The topological polar surface area (TPSA) is 162 Å². The molecule has 0 unspecified atom stereocenters. The van der Waals surface area contributed by atoms with Crippen LogP contribution in [-0.4, -0.2) is 100 Å². The van der Waals surface area contributed by atoms with E-state index >= 15 is 4.39 Å². The number of hydrogen-bond acceptors (Lipinski definition) is 9. The molecule has 14 nitrogen and oxygen atoms in total. The molecular weight excluding hydrogens is 724 g/mol. The molecule has 0 spiro atoms. The number of benzene rings is 2. The van der Waals surface area contributed by atoms with Crippen LogP contribution in [-0.2, 0) is 17.5 Å². The molecule has 0 aliphatic carbocycles. The van der Waals surface area contributed by atoms with Gasteiger partial charge in [0.05, 0.1) is 23.3 Å². The van der Waals surface area contributed by atoms with Gasteiger partial charge in [0.1, 0.15) is 17.2 Å². The molecule has 0 bridgehead atoms. The molecule has 5 heterocycles. The van der Waals surface area contributed by atoms with Gasteiger partial charge in [0.25, 0.3) is 11.8 Å². The molecule has 0 saturated carbocycles. The van der Waals surface area contributed by atoms with Crippen LogP contribution in [0.25, 0.3) is 5.69 Å². The van der Waals surface area contributed by atoms with E-state index in [4.69, 9.17) is 5.73 Å². The Hall–Kier alpha value is -6.04. The van der Waals surface area contributed by atoms with E-state index in [1.807, 2.05) is 18.2 Å². The smallest absolute Gasteiger partial charge is 0.369 e. The third-order valence-corrected chi connectivity index (χ3v) is 10.1. The number of anilines is 3. The van der Waals surface area contributed by atoms with Crippen molar-refractivity contribution >= 4 is 40.8 Å². The molecule has 4 N–H and O–H groups in total. The number of halogens is 4. The highest BCUT2D eigenvalue weighted by atomic mass is 19.4. The second-order valence-corrected chi connectivity index (χ2v) is 13.6. The average molecular weight is 763 g/mol. The van der Waals surface area contributed by atoms with Gasteiger partial charge >= 0.3 is 12.2 Å². The molecule has 2 aromatic heterocycles. The Kier molecular flexibility index (Phi) is 10.4. The van der Waals surface area contributed by atoms with E-state index in [0.717, 1.165) is 76.0 Å². The Labute approximate surface area is 312 Å². The number of carbonyl (C=O) groups is 4. The van der Waals surface area contributed by atoms with Crippen molar-refractivity contribution in [2.45, 2.75) is 38.0 Å². The number of alkyl halides is 3. The highest BCUT2D eigenvalue weighted by molar-refractivity contribution is 6.07. The summed E-state index contributed by atoms with van der Waals surface area (Å²) in [5.74, 6) is -2.53. The lowest BCUT2D eigenvalue weighted by molar-refractivity contribution is -0.141.